The van der Waals surface area contributed by atoms with Crippen molar-refractivity contribution in [3.8, 4) is 0 Å². The number of halogens is 2. The smallest absolute Gasteiger partial charge is 0.137 e. The number of nitrogens with one attached hydrogen (secondary N) is 1. The Morgan fingerprint density at radius 3 is 2.83 bits per heavy atom. The van der Waals surface area contributed by atoms with Crippen molar-refractivity contribution in [3.05, 3.63) is 52.0 Å². The maximum atomic E-state index is 13.2. The van der Waals surface area contributed by atoms with Gasteiger partial charge in [-0.25, -0.2) is 9.82 Å². The molecule has 0 radical (unpaired) electrons. The van der Waals surface area contributed by atoms with Gasteiger partial charge in [0, 0.05) is 18.3 Å². The van der Waals surface area contributed by atoms with E-state index in [2.05, 4.69) is 26.5 Å². The molecule has 2 rings (SSSR count). The lowest BCUT2D eigenvalue weighted by Crippen LogP contribution is -2.28. The van der Waals surface area contributed by atoms with E-state index >= 15 is 0 Å². The molecule has 1 unspecified atom stereocenters. The molecule has 3 N–H and O–H groups in total. The number of hydrogen-bond acceptors (Lipinski definition) is 3. The van der Waals surface area contributed by atoms with Crippen LogP contribution in [-0.2, 0) is 6.54 Å². The number of rotatable bonds is 4. The summed E-state index contributed by atoms with van der Waals surface area (Å²) >= 11 is 3.17. The van der Waals surface area contributed by atoms with Gasteiger partial charge in [-0.3, -0.25) is 10.5 Å². The second kappa shape index (κ2) is 5.60. The number of hydrazine groups is 1. The molecule has 0 aliphatic rings. The van der Waals surface area contributed by atoms with E-state index in [1.165, 1.54) is 6.07 Å². The molecule has 0 saturated heterocycles. The summed E-state index contributed by atoms with van der Waals surface area (Å²) in [6, 6.07) is 4.62. The molecular formula is C12H14BrFN4. The van der Waals surface area contributed by atoms with E-state index < -0.39 is 0 Å². The maximum Gasteiger partial charge on any atom is 0.137 e. The summed E-state index contributed by atoms with van der Waals surface area (Å²) in [5, 5.41) is 4.20. The van der Waals surface area contributed by atoms with Crippen molar-refractivity contribution in [1.29, 1.82) is 0 Å². The minimum Gasteiger partial charge on any atom is -0.273 e. The first-order valence-electron chi connectivity index (χ1n) is 5.59. The average molecular weight is 313 g/mol. The highest BCUT2D eigenvalue weighted by Crippen LogP contribution is 2.25. The molecule has 0 spiro atoms. The van der Waals surface area contributed by atoms with Gasteiger partial charge < -0.3 is 0 Å². The summed E-state index contributed by atoms with van der Waals surface area (Å²) in [5.41, 5.74) is 4.54. The summed E-state index contributed by atoms with van der Waals surface area (Å²) in [4.78, 5) is 0. The molecule has 1 atom stereocenters. The van der Waals surface area contributed by atoms with E-state index in [1.807, 2.05) is 17.8 Å². The molecular weight excluding hydrogens is 299 g/mol. The predicted octanol–water partition coefficient (Wildman–Crippen LogP) is 2.36. The van der Waals surface area contributed by atoms with E-state index in [0.717, 1.165) is 17.7 Å². The minimum absolute atomic E-state index is 0.206. The van der Waals surface area contributed by atoms with Gasteiger partial charge in [-0.2, -0.15) is 5.10 Å². The summed E-state index contributed by atoms with van der Waals surface area (Å²) in [5.74, 6) is 5.29. The van der Waals surface area contributed by atoms with Gasteiger partial charge in [0.05, 0.1) is 16.7 Å². The van der Waals surface area contributed by atoms with Crippen molar-refractivity contribution in [2.75, 3.05) is 0 Å². The van der Waals surface area contributed by atoms with Gasteiger partial charge in [-0.05, 0) is 40.5 Å². The monoisotopic (exact) mass is 312 g/mol. The number of aromatic nitrogens is 2. The number of nitrogens with zero attached hydrogens (tertiary/aromatic N) is 2. The van der Waals surface area contributed by atoms with Crippen molar-refractivity contribution >= 4 is 15.9 Å². The van der Waals surface area contributed by atoms with Crippen LogP contribution in [0.5, 0.6) is 0 Å². The fourth-order valence-electron chi connectivity index (χ4n) is 1.78. The Hall–Kier alpha value is -1.24. The molecule has 0 amide bonds. The van der Waals surface area contributed by atoms with Gasteiger partial charge in [0.15, 0.2) is 0 Å². The largest absolute Gasteiger partial charge is 0.273 e. The molecule has 0 aliphatic carbocycles. The molecule has 1 heterocycles. The first-order chi connectivity index (χ1) is 8.65. The first-order valence-corrected chi connectivity index (χ1v) is 6.38. The van der Waals surface area contributed by atoms with Crippen molar-refractivity contribution in [1.82, 2.24) is 15.2 Å². The Labute approximate surface area is 113 Å². The lowest BCUT2D eigenvalue weighted by atomic mass is 10.0. The van der Waals surface area contributed by atoms with Crippen molar-refractivity contribution < 1.29 is 4.39 Å². The van der Waals surface area contributed by atoms with Crippen molar-refractivity contribution in [2.24, 2.45) is 5.84 Å². The SMILES string of the molecule is CCn1cc(C(NN)c2ccc(F)c(Br)c2)cn1. The van der Waals surface area contributed by atoms with Crippen LogP contribution in [0.2, 0.25) is 0 Å². The van der Waals surface area contributed by atoms with Gasteiger partial charge in [-0.15, -0.1) is 0 Å². The highest BCUT2D eigenvalue weighted by molar-refractivity contribution is 9.10. The third kappa shape index (κ3) is 2.60. The zero-order chi connectivity index (χ0) is 13.1. The van der Waals surface area contributed by atoms with Crippen LogP contribution in [0.15, 0.2) is 35.1 Å². The minimum atomic E-state index is -0.293. The van der Waals surface area contributed by atoms with E-state index in [-0.39, 0.29) is 11.9 Å². The molecule has 1 aromatic heterocycles. The summed E-state index contributed by atoms with van der Waals surface area (Å²) in [6.07, 6.45) is 3.67. The lowest BCUT2D eigenvalue weighted by Gasteiger charge is -2.15. The fraction of sp³-hybridized carbons (Fsp3) is 0.250. The number of hydrogen-bond donors (Lipinski definition) is 2. The van der Waals surface area contributed by atoms with Crippen LogP contribution in [0.1, 0.15) is 24.1 Å². The Bertz CT molecular complexity index is 541. The molecule has 0 bridgehead atoms. The first kappa shape index (κ1) is 13.2. The quantitative estimate of drug-likeness (QED) is 0.673. The van der Waals surface area contributed by atoms with Crippen LogP contribution >= 0.6 is 15.9 Å². The average Bonchev–Trinajstić information content (AvgIpc) is 2.83. The standard InChI is InChI=1S/C12H14BrFN4/c1-2-18-7-9(6-16-18)12(17-15)8-3-4-11(14)10(13)5-8/h3-7,12,17H,2,15H2,1H3. The normalized spacial score (nSPS) is 12.7. The maximum absolute atomic E-state index is 13.2. The van der Waals surface area contributed by atoms with Gasteiger partial charge in [0.1, 0.15) is 5.82 Å². The molecule has 1 aromatic carbocycles. The van der Waals surface area contributed by atoms with Gasteiger partial charge in [-0.1, -0.05) is 6.07 Å². The summed E-state index contributed by atoms with van der Waals surface area (Å²) in [7, 11) is 0. The van der Waals surface area contributed by atoms with Gasteiger partial charge >= 0.3 is 0 Å². The third-order valence-electron chi connectivity index (χ3n) is 2.75. The molecule has 96 valence electrons. The highest BCUT2D eigenvalue weighted by atomic mass is 79.9. The lowest BCUT2D eigenvalue weighted by molar-refractivity contribution is 0.608. The number of nitrogens with two attached hydrogens (primary N) is 1. The molecule has 2 aromatic rings. The molecule has 0 saturated carbocycles. The van der Waals surface area contributed by atoms with E-state index in [1.54, 1.807) is 18.3 Å². The number of benzene rings is 1. The Morgan fingerprint density at radius 1 is 1.50 bits per heavy atom. The Balaban J connectivity index is 2.35. The van der Waals surface area contributed by atoms with Crippen molar-refractivity contribution in [3.63, 3.8) is 0 Å². The summed E-state index contributed by atoms with van der Waals surface area (Å²) in [6.45, 7) is 2.81. The van der Waals surface area contributed by atoms with Crippen LogP contribution in [0, 0.1) is 5.82 Å². The third-order valence-corrected chi connectivity index (χ3v) is 3.36. The molecule has 18 heavy (non-hydrogen) atoms. The molecule has 0 fully saturated rings. The van der Waals surface area contributed by atoms with Crippen LogP contribution in [0.3, 0.4) is 0 Å². The zero-order valence-electron chi connectivity index (χ0n) is 9.90. The predicted molar refractivity (Wildman–Crippen MR) is 71.2 cm³/mol. The van der Waals surface area contributed by atoms with Crippen LogP contribution in [0.25, 0.3) is 0 Å². The van der Waals surface area contributed by atoms with Crippen molar-refractivity contribution in [2.45, 2.75) is 19.5 Å². The molecule has 0 aliphatic heterocycles. The zero-order valence-corrected chi connectivity index (χ0v) is 11.5. The van der Waals surface area contributed by atoms with Gasteiger partial charge in [0.25, 0.3) is 0 Å². The second-order valence-electron chi connectivity index (χ2n) is 3.90. The molecule has 4 nitrogen and oxygen atoms in total. The van der Waals surface area contributed by atoms with Gasteiger partial charge in [0.2, 0.25) is 0 Å². The second-order valence-corrected chi connectivity index (χ2v) is 4.76. The van der Waals surface area contributed by atoms with Crippen LogP contribution < -0.4 is 11.3 Å². The van der Waals surface area contributed by atoms with E-state index in [9.17, 15) is 4.39 Å². The Kier molecular flexibility index (Phi) is 4.11. The Morgan fingerprint density at radius 2 is 2.28 bits per heavy atom. The topological polar surface area (TPSA) is 55.9 Å². The van der Waals surface area contributed by atoms with E-state index in [0.29, 0.717) is 4.47 Å². The van der Waals surface area contributed by atoms with E-state index in [4.69, 9.17) is 5.84 Å². The fourth-order valence-corrected chi connectivity index (χ4v) is 2.17. The van der Waals surface area contributed by atoms with Crippen LogP contribution in [0.4, 0.5) is 4.39 Å². The molecule has 6 heteroatoms. The summed E-state index contributed by atoms with van der Waals surface area (Å²) < 4.78 is 15.4. The van der Waals surface area contributed by atoms with Crippen LogP contribution in [-0.4, -0.2) is 9.78 Å². The highest BCUT2D eigenvalue weighted by Gasteiger charge is 2.15. The number of aryl methyl sites for hydroxylation is 1.